The summed E-state index contributed by atoms with van der Waals surface area (Å²) >= 11 is 5.54. The molecule has 1 aromatic carbocycles. The van der Waals surface area contributed by atoms with Crippen LogP contribution in [0.4, 0.5) is 4.79 Å². The summed E-state index contributed by atoms with van der Waals surface area (Å²) in [7, 11) is 0. The zero-order valence-corrected chi connectivity index (χ0v) is 8.96. The highest BCUT2D eigenvalue weighted by atomic mass is 35.5. The predicted octanol–water partition coefficient (Wildman–Crippen LogP) is 1.56. The second-order valence-corrected chi connectivity index (χ2v) is 2.76. The van der Waals surface area contributed by atoms with Crippen LogP contribution >= 0.6 is 11.6 Å². The van der Waals surface area contributed by atoms with Crippen LogP contribution in [0.2, 0.25) is 5.02 Å². The summed E-state index contributed by atoms with van der Waals surface area (Å²) < 4.78 is 0. The molecule has 1 aromatic rings. The minimum absolute atomic E-state index is 0.583. The standard InChI is InChI=1S/C6H5Cl.C2H2O4.CO3/c7-6-4-2-1-3-5-6;3-1(4)2(5)6;2-1-3-4-1/h1-5H;(H,3,4)(H,5,6);. The molecule has 92 valence electrons. The Labute approximate surface area is 100 Å². The third-order valence-electron chi connectivity index (χ3n) is 1.07. The van der Waals surface area contributed by atoms with E-state index < -0.39 is 18.1 Å². The normalized spacial score (nSPS) is 10.3. The first kappa shape index (κ1) is 14.7. The largest absolute Gasteiger partial charge is 0.592 e. The summed E-state index contributed by atoms with van der Waals surface area (Å²) in [5.74, 6) is -3.65. The molecule has 0 saturated carbocycles. The zero-order valence-electron chi connectivity index (χ0n) is 8.20. The molecule has 0 atom stereocenters. The molecule has 0 spiro atoms. The number of carboxylic acids is 2. The lowest BCUT2D eigenvalue weighted by atomic mass is 10.4. The van der Waals surface area contributed by atoms with Crippen LogP contribution in [0.5, 0.6) is 0 Å². The molecule has 17 heavy (non-hydrogen) atoms. The first-order valence-electron chi connectivity index (χ1n) is 3.98. The molecule has 2 rings (SSSR count). The molecule has 7 nitrogen and oxygen atoms in total. The van der Waals surface area contributed by atoms with Gasteiger partial charge in [-0.1, -0.05) is 29.8 Å². The van der Waals surface area contributed by atoms with E-state index in [4.69, 9.17) is 36.2 Å². The zero-order chi connectivity index (χ0) is 13.3. The van der Waals surface area contributed by atoms with Crippen LogP contribution in [0.25, 0.3) is 0 Å². The lowest BCUT2D eigenvalue weighted by Gasteiger charge is -1.80. The summed E-state index contributed by atoms with van der Waals surface area (Å²) in [5, 5.41) is 15.6. The van der Waals surface area contributed by atoms with Crippen LogP contribution in [0.15, 0.2) is 30.3 Å². The van der Waals surface area contributed by atoms with E-state index >= 15 is 0 Å². The van der Waals surface area contributed by atoms with Gasteiger partial charge in [-0.25, -0.2) is 9.59 Å². The molecule has 0 amide bonds. The number of benzene rings is 1. The lowest BCUT2D eigenvalue weighted by molar-refractivity contribution is -0.159. The van der Waals surface area contributed by atoms with Crippen molar-refractivity contribution in [1.82, 2.24) is 0 Å². The van der Waals surface area contributed by atoms with Gasteiger partial charge >= 0.3 is 18.1 Å². The van der Waals surface area contributed by atoms with Gasteiger partial charge in [-0.2, -0.15) is 14.6 Å². The average molecular weight is 263 g/mol. The fraction of sp³-hybridized carbons (Fsp3) is 0. The monoisotopic (exact) mass is 262 g/mol. The molecular formula is C9H7ClO7. The third kappa shape index (κ3) is 11.6. The van der Waals surface area contributed by atoms with Gasteiger partial charge in [0.15, 0.2) is 0 Å². The number of halogens is 1. The smallest absolute Gasteiger partial charge is 0.473 e. The van der Waals surface area contributed by atoms with Crippen LogP contribution in [-0.2, 0) is 19.4 Å². The maximum absolute atomic E-state index is 9.11. The topological polar surface area (TPSA) is 117 Å². The third-order valence-corrected chi connectivity index (χ3v) is 1.32. The molecular weight excluding hydrogens is 256 g/mol. The fourth-order valence-corrected chi connectivity index (χ4v) is 0.577. The van der Waals surface area contributed by atoms with Crippen molar-refractivity contribution >= 4 is 29.7 Å². The van der Waals surface area contributed by atoms with Crippen molar-refractivity contribution in [2.75, 3.05) is 0 Å². The summed E-state index contributed by atoms with van der Waals surface area (Å²) in [6, 6.07) is 9.44. The molecule has 0 unspecified atom stereocenters. The number of aliphatic carboxylic acids is 2. The predicted molar refractivity (Wildman–Crippen MR) is 54.3 cm³/mol. The number of rotatable bonds is 0. The summed E-state index contributed by atoms with van der Waals surface area (Å²) in [6.45, 7) is 0. The van der Waals surface area contributed by atoms with E-state index in [0.717, 1.165) is 5.02 Å². The van der Waals surface area contributed by atoms with Crippen molar-refractivity contribution in [3.8, 4) is 0 Å². The summed E-state index contributed by atoms with van der Waals surface area (Å²) in [4.78, 5) is 34.4. The average Bonchev–Trinajstić information content (AvgIpc) is 3.03. The first-order chi connectivity index (χ1) is 7.93. The van der Waals surface area contributed by atoms with E-state index in [1.807, 2.05) is 30.3 Å². The van der Waals surface area contributed by atoms with Crippen LogP contribution < -0.4 is 0 Å². The molecule has 1 fully saturated rings. The van der Waals surface area contributed by atoms with Gasteiger partial charge in [0.05, 0.1) is 0 Å². The maximum atomic E-state index is 9.11. The fourth-order valence-electron chi connectivity index (χ4n) is 0.432. The number of hydrogen-bond acceptors (Lipinski definition) is 5. The van der Waals surface area contributed by atoms with E-state index in [1.54, 1.807) is 0 Å². The maximum Gasteiger partial charge on any atom is 0.592 e. The molecule has 0 bridgehead atoms. The molecule has 1 aliphatic rings. The van der Waals surface area contributed by atoms with Gasteiger partial charge in [0.25, 0.3) is 0 Å². The van der Waals surface area contributed by atoms with Crippen molar-refractivity contribution < 1.29 is 34.4 Å². The number of carboxylic acid groups (broad SMARTS) is 2. The molecule has 1 heterocycles. The molecule has 8 heteroatoms. The van der Waals surface area contributed by atoms with E-state index in [1.165, 1.54) is 0 Å². The Balaban J connectivity index is 0.000000234. The second-order valence-electron chi connectivity index (χ2n) is 2.32. The number of carbonyl (C=O) groups is 3. The van der Waals surface area contributed by atoms with Crippen molar-refractivity contribution in [3.05, 3.63) is 35.4 Å². The highest BCUT2D eigenvalue weighted by molar-refractivity contribution is 6.30. The first-order valence-corrected chi connectivity index (χ1v) is 4.36. The Kier molecular flexibility index (Phi) is 6.88. The Bertz CT molecular complexity index is 372. The van der Waals surface area contributed by atoms with Crippen molar-refractivity contribution in [2.24, 2.45) is 0 Å². The number of carbonyl (C=O) groups excluding carboxylic acids is 1. The van der Waals surface area contributed by atoms with Crippen LogP contribution in [0.1, 0.15) is 0 Å². The minimum Gasteiger partial charge on any atom is -0.473 e. The molecule has 1 aliphatic heterocycles. The number of hydrogen-bond donors (Lipinski definition) is 2. The summed E-state index contributed by atoms with van der Waals surface area (Å²) in [5.41, 5.74) is 0. The van der Waals surface area contributed by atoms with E-state index in [-0.39, 0.29) is 0 Å². The van der Waals surface area contributed by atoms with Crippen molar-refractivity contribution in [1.29, 1.82) is 0 Å². The Hall–Kier alpha value is -2.28. The molecule has 0 aliphatic carbocycles. The molecule has 1 saturated heterocycles. The molecule has 2 N–H and O–H groups in total. The Morgan fingerprint density at radius 1 is 1.00 bits per heavy atom. The highest BCUT2D eigenvalue weighted by Gasteiger charge is 2.22. The summed E-state index contributed by atoms with van der Waals surface area (Å²) in [6.07, 6.45) is -0.583. The van der Waals surface area contributed by atoms with Gasteiger partial charge in [0, 0.05) is 5.02 Å². The molecule has 0 aromatic heterocycles. The molecule has 0 radical (unpaired) electrons. The second kappa shape index (κ2) is 7.94. The lowest BCUT2D eigenvalue weighted by Crippen LogP contribution is -2.09. The van der Waals surface area contributed by atoms with Crippen molar-refractivity contribution in [3.63, 3.8) is 0 Å². The van der Waals surface area contributed by atoms with E-state index in [0.29, 0.717) is 0 Å². The SMILES string of the molecule is Clc1ccccc1.O=C(O)C(=O)O.O=C1OO1. The van der Waals surface area contributed by atoms with Gasteiger partial charge in [-0.15, -0.1) is 0 Å². The van der Waals surface area contributed by atoms with Crippen LogP contribution in [-0.4, -0.2) is 28.3 Å². The Morgan fingerprint density at radius 2 is 1.35 bits per heavy atom. The highest BCUT2D eigenvalue weighted by Crippen LogP contribution is 2.03. The van der Waals surface area contributed by atoms with Gasteiger partial charge < -0.3 is 10.2 Å². The quantitative estimate of drug-likeness (QED) is 0.414. The van der Waals surface area contributed by atoms with Gasteiger partial charge in [0.1, 0.15) is 0 Å². The van der Waals surface area contributed by atoms with Crippen LogP contribution in [0.3, 0.4) is 0 Å². The van der Waals surface area contributed by atoms with E-state index in [9.17, 15) is 0 Å². The minimum atomic E-state index is -1.82. The Morgan fingerprint density at radius 3 is 1.47 bits per heavy atom. The van der Waals surface area contributed by atoms with Crippen LogP contribution in [0, 0.1) is 0 Å². The van der Waals surface area contributed by atoms with Gasteiger partial charge in [-0.3, -0.25) is 0 Å². The van der Waals surface area contributed by atoms with Gasteiger partial charge in [0.2, 0.25) is 0 Å². The van der Waals surface area contributed by atoms with Gasteiger partial charge in [-0.05, 0) is 12.1 Å². The van der Waals surface area contributed by atoms with E-state index in [2.05, 4.69) is 9.78 Å². The van der Waals surface area contributed by atoms with Crippen molar-refractivity contribution in [2.45, 2.75) is 0 Å².